The van der Waals surface area contributed by atoms with E-state index in [0.29, 0.717) is 6.54 Å². The number of aliphatic hydroxyl groups is 1. The molecule has 0 radical (unpaired) electrons. The van der Waals surface area contributed by atoms with E-state index in [2.05, 4.69) is 12.2 Å². The van der Waals surface area contributed by atoms with Gasteiger partial charge in [0.15, 0.2) is 0 Å². The summed E-state index contributed by atoms with van der Waals surface area (Å²) >= 11 is 1.66. The number of nitrogens with one attached hydrogen (secondary N) is 1. The van der Waals surface area contributed by atoms with Crippen LogP contribution in [0.4, 0.5) is 0 Å². The van der Waals surface area contributed by atoms with Crippen LogP contribution in [-0.4, -0.2) is 49.0 Å². The molecular formula is C10H23NO2S. The van der Waals surface area contributed by atoms with Crippen molar-refractivity contribution >= 4 is 11.8 Å². The van der Waals surface area contributed by atoms with Crippen molar-refractivity contribution in [3.8, 4) is 0 Å². The van der Waals surface area contributed by atoms with Crippen LogP contribution in [0.5, 0.6) is 0 Å². The van der Waals surface area contributed by atoms with Gasteiger partial charge in [-0.25, -0.2) is 0 Å². The van der Waals surface area contributed by atoms with Gasteiger partial charge in [-0.15, -0.1) is 0 Å². The SMILES string of the molecule is CCCOCCNCC(C)(O)CSC. The molecule has 3 nitrogen and oxygen atoms in total. The second-order valence-corrected chi connectivity index (χ2v) is 4.59. The summed E-state index contributed by atoms with van der Waals surface area (Å²) in [4.78, 5) is 0. The molecule has 0 saturated carbocycles. The lowest BCUT2D eigenvalue weighted by molar-refractivity contribution is 0.0790. The smallest absolute Gasteiger partial charge is 0.0833 e. The maximum atomic E-state index is 9.79. The van der Waals surface area contributed by atoms with Gasteiger partial charge in [-0.1, -0.05) is 6.92 Å². The fourth-order valence-corrected chi connectivity index (χ4v) is 1.83. The highest BCUT2D eigenvalue weighted by Gasteiger charge is 2.18. The van der Waals surface area contributed by atoms with Gasteiger partial charge < -0.3 is 15.2 Å². The summed E-state index contributed by atoms with van der Waals surface area (Å²) in [7, 11) is 0. The average molecular weight is 221 g/mol. The first kappa shape index (κ1) is 14.2. The molecule has 0 aromatic heterocycles. The number of hydrogen-bond donors (Lipinski definition) is 2. The second kappa shape index (κ2) is 8.53. The number of rotatable bonds is 9. The summed E-state index contributed by atoms with van der Waals surface area (Å²) in [6.07, 6.45) is 3.06. The van der Waals surface area contributed by atoms with Crippen molar-refractivity contribution in [2.24, 2.45) is 0 Å². The monoisotopic (exact) mass is 221 g/mol. The molecular weight excluding hydrogens is 198 g/mol. The zero-order chi connectivity index (χ0) is 10.9. The highest BCUT2D eigenvalue weighted by Crippen LogP contribution is 2.08. The fraction of sp³-hybridized carbons (Fsp3) is 1.00. The summed E-state index contributed by atoms with van der Waals surface area (Å²) in [5.74, 6) is 0.760. The van der Waals surface area contributed by atoms with Crippen LogP contribution < -0.4 is 5.32 Å². The van der Waals surface area contributed by atoms with Crippen LogP contribution in [0.25, 0.3) is 0 Å². The lowest BCUT2D eigenvalue weighted by atomic mass is 10.1. The standard InChI is InChI=1S/C10H23NO2S/c1-4-6-13-7-5-11-8-10(2,12)9-14-3/h11-12H,4-9H2,1-3H3. The minimum Gasteiger partial charge on any atom is -0.388 e. The van der Waals surface area contributed by atoms with Crippen molar-refractivity contribution in [1.82, 2.24) is 5.32 Å². The molecule has 0 aliphatic carbocycles. The number of ether oxygens (including phenoxy) is 1. The van der Waals surface area contributed by atoms with E-state index < -0.39 is 5.60 Å². The normalized spacial score (nSPS) is 15.4. The predicted molar refractivity (Wildman–Crippen MR) is 63.0 cm³/mol. The van der Waals surface area contributed by atoms with E-state index in [0.717, 1.165) is 31.9 Å². The first-order valence-electron chi connectivity index (χ1n) is 5.12. The van der Waals surface area contributed by atoms with Crippen LogP contribution in [0.2, 0.25) is 0 Å². The Bertz CT molecular complexity index is 131. The highest BCUT2D eigenvalue weighted by molar-refractivity contribution is 7.98. The maximum absolute atomic E-state index is 9.79. The Kier molecular flexibility index (Phi) is 8.67. The quantitative estimate of drug-likeness (QED) is 0.573. The van der Waals surface area contributed by atoms with Gasteiger partial charge in [-0.2, -0.15) is 11.8 Å². The van der Waals surface area contributed by atoms with Gasteiger partial charge >= 0.3 is 0 Å². The van der Waals surface area contributed by atoms with E-state index in [1.54, 1.807) is 11.8 Å². The van der Waals surface area contributed by atoms with Crippen molar-refractivity contribution in [1.29, 1.82) is 0 Å². The molecule has 2 N–H and O–H groups in total. The molecule has 0 aliphatic rings. The Morgan fingerprint density at radius 1 is 1.43 bits per heavy atom. The fourth-order valence-electron chi connectivity index (χ4n) is 1.11. The third kappa shape index (κ3) is 8.81. The van der Waals surface area contributed by atoms with Gasteiger partial charge in [0, 0.05) is 25.4 Å². The van der Waals surface area contributed by atoms with Crippen LogP contribution >= 0.6 is 11.8 Å². The topological polar surface area (TPSA) is 41.5 Å². The van der Waals surface area contributed by atoms with Gasteiger partial charge in [0.1, 0.15) is 0 Å². The summed E-state index contributed by atoms with van der Waals surface area (Å²) < 4.78 is 5.31. The molecule has 0 saturated heterocycles. The third-order valence-corrected chi connectivity index (χ3v) is 2.64. The number of thioether (sulfide) groups is 1. The molecule has 4 heteroatoms. The van der Waals surface area contributed by atoms with Crippen molar-refractivity contribution in [3.63, 3.8) is 0 Å². The van der Waals surface area contributed by atoms with E-state index >= 15 is 0 Å². The van der Waals surface area contributed by atoms with E-state index in [1.807, 2.05) is 13.2 Å². The van der Waals surface area contributed by atoms with Crippen LogP contribution in [-0.2, 0) is 4.74 Å². The zero-order valence-electron chi connectivity index (χ0n) is 9.51. The largest absolute Gasteiger partial charge is 0.388 e. The van der Waals surface area contributed by atoms with E-state index in [4.69, 9.17) is 4.74 Å². The van der Waals surface area contributed by atoms with Gasteiger partial charge in [0.25, 0.3) is 0 Å². The molecule has 0 fully saturated rings. The lowest BCUT2D eigenvalue weighted by Gasteiger charge is -2.22. The summed E-state index contributed by atoms with van der Waals surface area (Å²) in [6.45, 7) is 6.93. The van der Waals surface area contributed by atoms with Gasteiger partial charge in [-0.05, 0) is 19.6 Å². The molecule has 0 amide bonds. The zero-order valence-corrected chi connectivity index (χ0v) is 10.3. The minimum absolute atomic E-state index is 0.607. The Morgan fingerprint density at radius 2 is 2.14 bits per heavy atom. The minimum atomic E-state index is -0.607. The number of hydrogen-bond acceptors (Lipinski definition) is 4. The van der Waals surface area contributed by atoms with Gasteiger partial charge in [0.05, 0.1) is 12.2 Å². The van der Waals surface area contributed by atoms with E-state index in [1.165, 1.54) is 0 Å². The molecule has 0 aromatic rings. The van der Waals surface area contributed by atoms with Crippen molar-refractivity contribution < 1.29 is 9.84 Å². The van der Waals surface area contributed by atoms with Crippen LogP contribution in [0.15, 0.2) is 0 Å². The second-order valence-electron chi connectivity index (χ2n) is 3.72. The Balaban J connectivity index is 3.26. The summed E-state index contributed by atoms with van der Waals surface area (Å²) in [5, 5.41) is 13.0. The molecule has 0 bridgehead atoms. The molecule has 0 aromatic carbocycles. The van der Waals surface area contributed by atoms with Crippen LogP contribution in [0.1, 0.15) is 20.3 Å². The maximum Gasteiger partial charge on any atom is 0.0833 e. The molecule has 0 aliphatic heterocycles. The van der Waals surface area contributed by atoms with Crippen LogP contribution in [0.3, 0.4) is 0 Å². The third-order valence-electron chi connectivity index (χ3n) is 1.73. The predicted octanol–water partition coefficient (Wildman–Crippen LogP) is 1.12. The highest BCUT2D eigenvalue weighted by atomic mass is 32.2. The van der Waals surface area contributed by atoms with Gasteiger partial charge in [-0.3, -0.25) is 0 Å². The molecule has 1 unspecified atom stereocenters. The summed E-state index contributed by atoms with van der Waals surface area (Å²) in [6, 6.07) is 0. The van der Waals surface area contributed by atoms with Crippen molar-refractivity contribution in [2.75, 3.05) is 38.3 Å². The molecule has 1 atom stereocenters. The van der Waals surface area contributed by atoms with Gasteiger partial charge in [0.2, 0.25) is 0 Å². The van der Waals surface area contributed by atoms with Crippen LogP contribution in [0, 0.1) is 0 Å². The average Bonchev–Trinajstić information content (AvgIpc) is 2.11. The molecule has 14 heavy (non-hydrogen) atoms. The Hall–Kier alpha value is 0.230. The van der Waals surface area contributed by atoms with Crippen molar-refractivity contribution in [3.05, 3.63) is 0 Å². The lowest BCUT2D eigenvalue weighted by Crippen LogP contribution is -2.41. The van der Waals surface area contributed by atoms with Crippen molar-refractivity contribution in [2.45, 2.75) is 25.9 Å². The molecule has 0 spiro atoms. The Labute approximate surface area is 91.6 Å². The molecule has 0 rings (SSSR count). The summed E-state index contributed by atoms with van der Waals surface area (Å²) in [5.41, 5.74) is -0.607. The van der Waals surface area contributed by atoms with E-state index in [9.17, 15) is 5.11 Å². The Morgan fingerprint density at radius 3 is 2.71 bits per heavy atom. The molecule has 0 heterocycles. The first-order valence-corrected chi connectivity index (χ1v) is 6.51. The first-order chi connectivity index (χ1) is 6.62. The van der Waals surface area contributed by atoms with E-state index in [-0.39, 0.29) is 0 Å². The molecule has 86 valence electrons.